The second-order valence-corrected chi connectivity index (χ2v) is 7.76. The smallest absolute Gasteiger partial charge is 0.149 e. The molecule has 5 heteroatoms. The fraction of sp³-hybridized carbons (Fsp3) is 0.364. The third-order valence-corrected chi connectivity index (χ3v) is 6.20. The van der Waals surface area contributed by atoms with E-state index in [9.17, 15) is 4.39 Å². The molecule has 5 rings (SSSR count). The van der Waals surface area contributed by atoms with Crippen LogP contribution in [-0.4, -0.2) is 31.7 Å². The molecule has 2 aliphatic heterocycles. The summed E-state index contributed by atoms with van der Waals surface area (Å²) in [6, 6.07) is 17.6. The number of piperidine rings is 1. The van der Waals surface area contributed by atoms with Crippen LogP contribution in [0.4, 0.5) is 4.39 Å². The van der Waals surface area contributed by atoms with Gasteiger partial charge in [-0.05, 0) is 54.9 Å². The predicted molar refractivity (Wildman–Crippen MR) is 102 cm³/mol. The lowest BCUT2D eigenvalue weighted by Gasteiger charge is -2.39. The quantitative estimate of drug-likeness (QED) is 0.693. The molecule has 1 aromatic heterocycles. The Morgan fingerprint density at radius 2 is 1.78 bits per heavy atom. The molecule has 0 N–H and O–H groups in total. The average molecular weight is 362 g/mol. The van der Waals surface area contributed by atoms with Crippen molar-refractivity contribution in [1.82, 2.24) is 19.7 Å². The van der Waals surface area contributed by atoms with Gasteiger partial charge < -0.3 is 0 Å². The van der Waals surface area contributed by atoms with Crippen LogP contribution in [0, 0.1) is 5.82 Å². The monoisotopic (exact) mass is 362 g/mol. The number of hydrogen-bond donors (Lipinski definition) is 0. The Kier molecular flexibility index (Phi) is 4.24. The summed E-state index contributed by atoms with van der Waals surface area (Å²) in [4.78, 5) is 6.49. The van der Waals surface area contributed by atoms with Crippen LogP contribution < -0.4 is 0 Å². The van der Waals surface area contributed by atoms with Crippen molar-refractivity contribution in [2.24, 2.45) is 0 Å². The highest BCUT2D eigenvalue weighted by molar-refractivity contribution is 5.35. The van der Waals surface area contributed by atoms with E-state index < -0.39 is 0 Å². The molecule has 0 radical (unpaired) electrons. The summed E-state index contributed by atoms with van der Waals surface area (Å²) in [6.07, 6.45) is 7.87. The topological polar surface area (TPSA) is 34.0 Å². The van der Waals surface area contributed by atoms with Crippen molar-refractivity contribution in [3.63, 3.8) is 0 Å². The van der Waals surface area contributed by atoms with Crippen LogP contribution in [0.1, 0.15) is 42.7 Å². The summed E-state index contributed by atoms with van der Waals surface area (Å²) < 4.78 is 16.0. The Morgan fingerprint density at radius 1 is 1.00 bits per heavy atom. The lowest BCUT2D eigenvalue weighted by atomic mass is 9.85. The van der Waals surface area contributed by atoms with E-state index in [4.69, 9.17) is 0 Å². The van der Waals surface area contributed by atoms with Gasteiger partial charge in [0.05, 0.1) is 0 Å². The first-order valence-electron chi connectivity index (χ1n) is 9.72. The molecule has 3 aromatic rings. The van der Waals surface area contributed by atoms with Gasteiger partial charge in [0, 0.05) is 18.6 Å². The average Bonchev–Trinajstić information content (AvgIpc) is 3.29. The normalized spacial score (nSPS) is 25.0. The van der Waals surface area contributed by atoms with Gasteiger partial charge in [0.15, 0.2) is 0 Å². The maximum atomic E-state index is 14.6. The van der Waals surface area contributed by atoms with Gasteiger partial charge in [0.2, 0.25) is 0 Å². The van der Waals surface area contributed by atoms with E-state index in [0.717, 1.165) is 12.1 Å². The molecule has 2 aromatic carbocycles. The number of hydrogen-bond acceptors (Lipinski definition) is 3. The van der Waals surface area contributed by atoms with Crippen LogP contribution in [0.2, 0.25) is 0 Å². The van der Waals surface area contributed by atoms with Crippen LogP contribution >= 0.6 is 0 Å². The number of fused-ring (bicyclic) bond motifs is 2. The van der Waals surface area contributed by atoms with E-state index in [-0.39, 0.29) is 5.82 Å². The van der Waals surface area contributed by atoms with Crippen LogP contribution in [0.3, 0.4) is 0 Å². The third kappa shape index (κ3) is 3.16. The van der Waals surface area contributed by atoms with Gasteiger partial charge in [0.25, 0.3) is 0 Å². The second-order valence-electron chi connectivity index (χ2n) is 7.76. The Bertz CT molecular complexity index is 895. The first-order valence-corrected chi connectivity index (χ1v) is 9.72. The molecule has 3 atom stereocenters. The first kappa shape index (κ1) is 16.6. The molecule has 3 heterocycles. The van der Waals surface area contributed by atoms with E-state index in [0.29, 0.717) is 23.7 Å². The molecule has 1 unspecified atom stereocenters. The van der Waals surface area contributed by atoms with Gasteiger partial charge in [0.1, 0.15) is 24.2 Å². The molecule has 4 nitrogen and oxygen atoms in total. The van der Waals surface area contributed by atoms with Gasteiger partial charge in [-0.1, -0.05) is 36.4 Å². The Hall–Kier alpha value is -2.53. The number of rotatable bonds is 4. The van der Waals surface area contributed by atoms with Crippen LogP contribution in [0.5, 0.6) is 0 Å². The van der Waals surface area contributed by atoms with Gasteiger partial charge in [-0.2, -0.15) is 5.10 Å². The third-order valence-electron chi connectivity index (χ3n) is 6.20. The Labute approximate surface area is 158 Å². The molecule has 27 heavy (non-hydrogen) atoms. The number of benzene rings is 2. The van der Waals surface area contributed by atoms with Crippen LogP contribution in [0.25, 0.3) is 5.69 Å². The van der Waals surface area contributed by atoms with Gasteiger partial charge in [-0.3, -0.25) is 4.90 Å². The lowest BCUT2D eigenvalue weighted by molar-refractivity contribution is 0.118. The van der Waals surface area contributed by atoms with Crippen LogP contribution in [0.15, 0.2) is 61.2 Å². The highest BCUT2D eigenvalue weighted by atomic mass is 19.1. The largest absolute Gasteiger partial charge is 0.293 e. The first-order chi connectivity index (χ1) is 13.3. The van der Waals surface area contributed by atoms with Gasteiger partial charge in [-0.15, -0.1) is 0 Å². The maximum absolute atomic E-state index is 14.6. The summed E-state index contributed by atoms with van der Waals surface area (Å²) in [5, 5.41) is 4.02. The van der Waals surface area contributed by atoms with Crippen molar-refractivity contribution in [3.05, 3.63) is 78.1 Å². The highest BCUT2D eigenvalue weighted by Crippen LogP contribution is 2.43. The second kappa shape index (κ2) is 6.89. The van der Waals surface area contributed by atoms with Crippen LogP contribution in [-0.2, 0) is 6.54 Å². The molecule has 2 saturated heterocycles. The zero-order valence-electron chi connectivity index (χ0n) is 15.2. The van der Waals surface area contributed by atoms with Crippen molar-refractivity contribution in [2.75, 3.05) is 0 Å². The summed E-state index contributed by atoms with van der Waals surface area (Å²) in [7, 11) is 0. The van der Waals surface area contributed by atoms with Crippen molar-refractivity contribution < 1.29 is 4.39 Å². The van der Waals surface area contributed by atoms with E-state index in [1.807, 2.05) is 6.07 Å². The zero-order chi connectivity index (χ0) is 18.2. The van der Waals surface area contributed by atoms with Crippen molar-refractivity contribution in [2.45, 2.75) is 50.2 Å². The van der Waals surface area contributed by atoms with Crippen molar-refractivity contribution in [1.29, 1.82) is 0 Å². The minimum Gasteiger partial charge on any atom is -0.293 e. The maximum Gasteiger partial charge on any atom is 0.149 e. The molecule has 2 aliphatic rings. The number of halogens is 1. The zero-order valence-corrected chi connectivity index (χ0v) is 15.2. The molecule has 0 spiro atoms. The minimum atomic E-state index is -0.246. The van der Waals surface area contributed by atoms with Gasteiger partial charge >= 0.3 is 0 Å². The lowest BCUT2D eigenvalue weighted by Crippen LogP contribution is -2.41. The predicted octanol–water partition coefficient (Wildman–Crippen LogP) is 4.32. The number of aromatic nitrogens is 3. The fourth-order valence-electron chi connectivity index (χ4n) is 4.91. The summed E-state index contributed by atoms with van der Waals surface area (Å²) in [5.41, 5.74) is 2.95. The van der Waals surface area contributed by atoms with E-state index >= 15 is 0 Å². The molecule has 138 valence electrons. The highest BCUT2D eigenvalue weighted by Gasteiger charge is 2.40. The Morgan fingerprint density at radius 3 is 2.44 bits per heavy atom. The van der Waals surface area contributed by atoms with E-state index in [1.165, 1.54) is 48.6 Å². The van der Waals surface area contributed by atoms with E-state index in [2.05, 4.69) is 45.3 Å². The molecule has 2 fully saturated rings. The van der Waals surface area contributed by atoms with E-state index in [1.54, 1.807) is 12.1 Å². The standard InChI is InChI=1S/C22H23FN4/c23-21-10-16(6-9-22(21)27-15-24-14-25-27)13-26-19-7-8-20(26)12-18(11-19)17-4-2-1-3-5-17/h1-6,9-10,14-15,18-20H,7-8,11-13H2/t18?,19-,20+. The minimum absolute atomic E-state index is 0.246. The summed E-state index contributed by atoms with van der Waals surface area (Å²) in [5.74, 6) is 0.413. The van der Waals surface area contributed by atoms with Crippen molar-refractivity contribution >= 4 is 0 Å². The number of nitrogens with zero attached hydrogens (tertiary/aromatic N) is 4. The van der Waals surface area contributed by atoms with Gasteiger partial charge in [-0.25, -0.2) is 14.1 Å². The fourth-order valence-corrected chi connectivity index (χ4v) is 4.91. The molecule has 0 aliphatic carbocycles. The SMILES string of the molecule is Fc1cc(CN2[C@@H]3CC[C@H]2CC(c2ccccc2)C3)ccc1-n1cncn1. The summed E-state index contributed by atoms with van der Waals surface area (Å²) >= 11 is 0. The Balaban J connectivity index is 1.32. The molecule has 2 bridgehead atoms. The van der Waals surface area contributed by atoms with Crippen molar-refractivity contribution in [3.8, 4) is 5.69 Å². The molecular weight excluding hydrogens is 339 g/mol. The molecule has 0 saturated carbocycles. The molecular formula is C22H23FN4. The molecule has 0 amide bonds. The summed E-state index contributed by atoms with van der Waals surface area (Å²) in [6.45, 7) is 0.825.